The van der Waals surface area contributed by atoms with Crippen LogP contribution in [0, 0.1) is 6.92 Å². The summed E-state index contributed by atoms with van der Waals surface area (Å²) in [4.78, 5) is 32.1. The minimum Gasteiger partial charge on any atom is -0.287 e. The minimum absolute atomic E-state index is 0.182. The first-order valence-corrected chi connectivity index (χ1v) is 11.0. The van der Waals surface area contributed by atoms with E-state index in [1.165, 1.54) is 27.0 Å². The van der Waals surface area contributed by atoms with Crippen LogP contribution in [0.1, 0.15) is 16.2 Å². The van der Waals surface area contributed by atoms with Crippen LogP contribution in [0.15, 0.2) is 83.5 Å². The second-order valence-electron chi connectivity index (χ2n) is 6.95. The number of hydrogen-bond donors (Lipinski definition) is 0. The Morgan fingerprint density at radius 3 is 2.62 bits per heavy atom. The molecule has 4 aromatic rings. The first-order valence-electron chi connectivity index (χ1n) is 9.79. The van der Waals surface area contributed by atoms with Crippen molar-refractivity contribution in [2.24, 2.45) is 0 Å². The van der Waals surface area contributed by atoms with Gasteiger partial charge in [0.15, 0.2) is 10.8 Å². The molecule has 0 saturated carbocycles. The van der Waals surface area contributed by atoms with E-state index in [-0.39, 0.29) is 12.2 Å². The number of aromatic nitrogens is 3. The van der Waals surface area contributed by atoms with Gasteiger partial charge in [-0.1, -0.05) is 60.1 Å². The second-order valence-corrected chi connectivity index (χ2v) is 8.19. The van der Waals surface area contributed by atoms with Crippen LogP contribution < -0.4 is 10.3 Å². The third-order valence-corrected chi connectivity index (χ3v) is 5.92. The highest BCUT2D eigenvalue weighted by Gasteiger charge is 2.25. The summed E-state index contributed by atoms with van der Waals surface area (Å²) in [6.07, 6.45) is 1.59. The molecule has 160 valence electrons. The van der Waals surface area contributed by atoms with Crippen LogP contribution in [-0.4, -0.2) is 27.2 Å². The molecule has 0 saturated heterocycles. The number of carbonyl (C=O) groups excluding carboxylic acids is 1. The van der Waals surface area contributed by atoms with Crippen molar-refractivity contribution >= 4 is 34.0 Å². The van der Waals surface area contributed by atoms with Crippen molar-refractivity contribution in [2.75, 3.05) is 11.4 Å². The van der Waals surface area contributed by atoms with Gasteiger partial charge < -0.3 is 0 Å². The number of amides is 1. The van der Waals surface area contributed by atoms with Crippen LogP contribution in [-0.2, 0) is 0 Å². The number of carbonyl (C=O) groups is 1. The zero-order chi connectivity index (χ0) is 22.7. The molecule has 8 heteroatoms. The summed E-state index contributed by atoms with van der Waals surface area (Å²) in [5.74, 6) is -0.551. The molecule has 0 spiro atoms. The van der Waals surface area contributed by atoms with Crippen molar-refractivity contribution in [3.8, 4) is 16.9 Å². The van der Waals surface area contributed by atoms with Crippen molar-refractivity contribution in [1.82, 2.24) is 14.8 Å². The fourth-order valence-electron chi connectivity index (χ4n) is 3.20. The molecule has 4 rings (SSSR count). The highest BCUT2D eigenvalue weighted by Crippen LogP contribution is 2.28. The number of aryl methyl sites for hydroxylation is 1. The zero-order valence-corrected chi connectivity index (χ0v) is 18.8. The molecular formula is C24H19ClN4O2S. The molecule has 0 bridgehead atoms. The molecule has 0 atom stereocenters. The van der Waals surface area contributed by atoms with Gasteiger partial charge in [0.2, 0.25) is 5.43 Å². The number of hydrogen-bond acceptors (Lipinski definition) is 5. The summed E-state index contributed by atoms with van der Waals surface area (Å²) < 4.78 is 1.50. The van der Waals surface area contributed by atoms with E-state index < -0.39 is 11.3 Å². The SMILES string of the molecule is C=CCN(C(=O)c1nn(-c2ccccc2Cl)c(C)cc1=O)c1nc(-c2ccccc2)cs1. The van der Waals surface area contributed by atoms with E-state index in [9.17, 15) is 9.59 Å². The lowest BCUT2D eigenvalue weighted by molar-refractivity contribution is 0.0982. The number of rotatable bonds is 6. The van der Waals surface area contributed by atoms with E-state index in [0.29, 0.717) is 21.5 Å². The molecule has 0 N–H and O–H groups in total. The molecule has 1 amide bonds. The normalized spacial score (nSPS) is 10.7. The highest BCUT2D eigenvalue weighted by molar-refractivity contribution is 7.14. The average molecular weight is 463 g/mol. The van der Waals surface area contributed by atoms with Gasteiger partial charge in [-0.25, -0.2) is 9.67 Å². The summed E-state index contributed by atoms with van der Waals surface area (Å²) in [7, 11) is 0. The number of thiazole rings is 1. The molecule has 0 unspecified atom stereocenters. The van der Waals surface area contributed by atoms with Gasteiger partial charge in [0.05, 0.1) is 16.4 Å². The van der Waals surface area contributed by atoms with E-state index in [4.69, 9.17) is 11.6 Å². The molecule has 32 heavy (non-hydrogen) atoms. The standard InChI is InChI=1S/C24H19ClN4O2S/c1-3-13-28(24-26-19(15-32-24)17-9-5-4-6-10-17)23(31)22-21(30)14-16(2)29(27-22)20-12-8-7-11-18(20)25/h3-12,14-15H,1,13H2,2H3. The summed E-state index contributed by atoms with van der Waals surface area (Å²) >= 11 is 7.63. The maximum absolute atomic E-state index is 13.4. The molecule has 0 fully saturated rings. The van der Waals surface area contributed by atoms with Crippen LogP contribution in [0.2, 0.25) is 5.02 Å². The largest absolute Gasteiger partial charge is 0.287 e. The van der Waals surface area contributed by atoms with Crippen molar-refractivity contribution < 1.29 is 4.79 Å². The molecule has 0 aliphatic carbocycles. The predicted molar refractivity (Wildman–Crippen MR) is 129 cm³/mol. The Morgan fingerprint density at radius 1 is 1.19 bits per heavy atom. The third-order valence-electron chi connectivity index (χ3n) is 4.74. The van der Waals surface area contributed by atoms with E-state index in [2.05, 4.69) is 16.7 Å². The fraction of sp³-hybridized carbons (Fsp3) is 0.0833. The smallest absolute Gasteiger partial charge is 0.284 e. The molecular weight excluding hydrogens is 444 g/mol. The van der Waals surface area contributed by atoms with Crippen LogP contribution in [0.3, 0.4) is 0 Å². The molecule has 0 aliphatic rings. The van der Waals surface area contributed by atoms with Crippen LogP contribution in [0.4, 0.5) is 5.13 Å². The minimum atomic E-state index is -0.551. The highest BCUT2D eigenvalue weighted by atomic mass is 35.5. The molecule has 6 nitrogen and oxygen atoms in total. The van der Waals surface area contributed by atoms with Gasteiger partial charge in [0.25, 0.3) is 5.91 Å². The Balaban J connectivity index is 1.76. The second kappa shape index (κ2) is 9.30. The Kier molecular flexibility index (Phi) is 6.30. The number of para-hydroxylation sites is 1. The predicted octanol–water partition coefficient (Wildman–Crippen LogP) is 5.15. The Labute approximate surface area is 194 Å². The van der Waals surface area contributed by atoms with E-state index in [1.54, 1.807) is 31.2 Å². The molecule has 0 radical (unpaired) electrons. The third kappa shape index (κ3) is 4.26. The lowest BCUT2D eigenvalue weighted by Gasteiger charge is -2.18. The van der Waals surface area contributed by atoms with Crippen molar-refractivity contribution in [1.29, 1.82) is 0 Å². The molecule has 0 aliphatic heterocycles. The van der Waals surface area contributed by atoms with E-state index >= 15 is 0 Å². The fourth-order valence-corrected chi connectivity index (χ4v) is 4.25. The van der Waals surface area contributed by atoms with E-state index in [0.717, 1.165) is 11.3 Å². The molecule has 2 heterocycles. The summed E-state index contributed by atoms with van der Waals surface area (Å²) in [6, 6.07) is 18.2. The zero-order valence-electron chi connectivity index (χ0n) is 17.2. The summed E-state index contributed by atoms with van der Waals surface area (Å²) in [5, 5.41) is 7.16. The van der Waals surface area contributed by atoms with Gasteiger partial charge in [-0.2, -0.15) is 5.10 Å². The Bertz CT molecular complexity index is 1350. The van der Waals surface area contributed by atoms with Crippen molar-refractivity contribution in [2.45, 2.75) is 6.92 Å². The Morgan fingerprint density at radius 2 is 1.91 bits per heavy atom. The summed E-state index contributed by atoms with van der Waals surface area (Å²) in [6.45, 7) is 5.66. The summed E-state index contributed by atoms with van der Waals surface area (Å²) in [5.41, 5.74) is 2.15. The number of halogens is 1. The first kappa shape index (κ1) is 21.7. The number of benzene rings is 2. The van der Waals surface area contributed by atoms with Crippen LogP contribution in [0.25, 0.3) is 16.9 Å². The van der Waals surface area contributed by atoms with Gasteiger partial charge in [0.1, 0.15) is 0 Å². The average Bonchev–Trinajstić information content (AvgIpc) is 3.28. The van der Waals surface area contributed by atoms with E-state index in [1.807, 2.05) is 41.8 Å². The maximum Gasteiger partial charge on any atom is 0.284 e. The molecule has 2 aromatic heterocycles. The molecule has 2 aromatic carbocycles. The van der Waals surface area contributed by atoms with Gasteiger partial charge >= 0.3 is 0 Å². The number of anilines is 1. The van der Waals surface area contributed by atoms with Crippen molar-refractivity contribution in [3.63, 3.8) is 0 Å². The topological polar surface area (TPSA) is 68.1 Å². The van der Waals surface area contributed by atoms with Gasteiger partial charge in [-0.3, -0.25) is 14.5 Å². The van der Waals surface area contributed by atoms with Gasteiger partial charge in [0, 0.05) is 29.2 Å². The van der Waals surface area contributed by atoms with Gasteiger partial charge in [-0.15, -0.1) is 17.9 Å². The van der Waals surface area contributed by atoms with Crippen LogP contribution in [0.5, 0.6) is 0 Å². The first-order chi connectivity index (χ1) is 15.5. The van der Waals surface area contributed by atoms with Crippen LogP contribution >= 0.6 is 22.9 Å². The quantitative estimate of drug-likeness (QED) is 0.371. The van der Waals surface area contributed by atoms with Gasteiger partial charge in [-0.05, 0) is 19.1 Å². The van der Waals surface area contributed by atoms with Crippen molar-refractivity contribution in [3.05, 3.63) is 105 Å². The number of nitrogens with zero attached hydrogens (tertiary/aromatic N) is 4. The lowest BCUT2D eigenvalue weighted by Crippen LogP contribution is -2.36. The Hall–Kier alpha value is -3.55. The monoisotopic (exact) mass is 462 g/mol. The lowest BCUT2D eigenvalue weighted by atomic mass is 10.2. The maximum atomic E-state index is 13.4.